The fraction of sp³-hybridized carbons (Fsp3) is 0.188. The molecule has 5 heteroatoms. The van der Waals surface area contributed by atoms with Crippen LogP contribution in [-0.4, -0.2) is 20.0 Å². The zero-order valence-corrected chi connectivity index (χ0v) is 11.9. The van der Waals surface area contributed by atoms with Crippen LogP contribution in [0.5, 0.6) is 0 Å². The molecule has 1 aromatic carbocycles. The summed E-state index contributed by atoms with van der Waals surface area (Å²) in [7, 11) is 0. The first-order chi connectivity index (χ1) is 10.3. The Morgan fingerprint density at radius 2 is 1.90 bits per heavy atom. The molecular weight excluding hydrogens is 262 g/mol. The Hall–Kier alpha value is -2.53. The fourth-order valence-electron chi connectivity index (χ4n) is 2.07. The van der Waals surface area contributed by atoms with E-state index in [-0.39, 0.29) is 0 Å². The van der Waals surface area contributed by atoms with Gasteiger partial charge >= 0.3 is 0 Å². The molecule has 3 aromatic rings. The van der Waals surface area contributed by atoms with Gasteiger partial charge in [0, 0.05) is 19.3 Å². The van der Waals surface area contributed by atoms with Crippen molar-refractivity contribution in [1.82, 2.24) is 25.3 Å². The number of hydrogen-bond donors (Lipinski definition) is 1. The quantitative estimate of drug-likeness (QED) is 0.778. The molecule has 0 bridgehead atoms. The third kappa shape index (κ3) is 3.32. The molecule has 2 heterocycles. The monoisotopic (exact) mass is 279 g/mol. The highest BCUT2D eigenvalue weighted by Gasteiger charge is 2.03. The summed E-state index contributed by atoms with van der Waals surface area (Å²) in [5, 5.41) is 12.1. The molecule has 0 amide bonds. The van der Waals surface area contributed by atoms with E-state index in [1.807, 2.05) is 42.6 Å². The van der Waals surface area contributed by atoms with Crippen LogP contribution >= 0.6 is 0 Å². The number of rotatable bonds is 5. The second kappa shape index (κ2) is 6.28. The van der Waals surface area contributed by atoms with Crippen LogP contribution < -0.4 is 5.32 Å². The van der Waals surface area contributed by atoms with Crippen molar-refractivity contribution in [3.63, 3.8) is 0 Å². The second-order valence-electron chi connectivity index (χ2n) is 4.83. The Kier molecular flexibility index (Phi) is 4.02. The topological polar surface area (TPSA) is 55.6 Å². The summed E-state index contributed by atoms with van der Waals surface area (Å²) >= 11 is 0. The molecule has 0 saturated heterocycles. The minimum Gasteiger partial charge on any atom is -0.305 e. The van der Waals surface area contributed by atoms with Crippen LogP contribution in [0.25, 0.3) is 5.69 Å². The highest BCUT2D eigenvalue weighted by molar-refractivity contribution is 5.28. The Morgan fingerprint density at radius 1 is 1.05 bits per heavy atom. The number of aromatic nitrogens is 4. The molecule has 0 aliphatic rings. The molecule has 21 heavy (non-hydrogen) atoms. The van der Waals surface area contributed by atoms with Crippen LogP contribution in [0.1, 0.15) is 17.0 Å². The normalized spacial score (nSPS) is 10.7. The number of nitrogens with zero attached hydrogens (tertiary/aromatic N) is 4. The first-order valence-electron chi connectivity index (χ1n) is 6.91. The molecule has 0 atom stereocenters. The SMILES string of the molecule is Cc1cccnc1CNCc1cnn(-c2ccccc2)n1. The van der Waals surface area contributed by atoms with Crippen molar-refractivity contribution < 1.29 is 0 Å². The van der Waals surface area contributed by atoms with Crippen molar-refractivity contribution in [2.45, 2.75) is 20.0 Å². The lowest BCUT2D eigenvalue weighted by molar-refractivity contribution is 0.651. The number of para-hydroxylation sites is 1. The number of benzene rings is 1. The van der Waals surface area contributed by atoms with Gasteiger partial charge in [-0.2, -0.15) is 15.0 Å². The summed E-state index contributed by atoms with van der Waals surface area (Å²) in [5.41, 5.74) is 4.13. The minimum atomic E-state index is 0.669. The summed E-state index contributed by atoms with van der Waals surface area (Å²) in [6.07, 6.45) is 3.60. The molecule has 0 aliphatic carbocycles. The average Bonchev–Trinajstić information content (AvgIpc) is 2.99. The summed E-state index contributed by atoms with van der Waals surface area (Å²) in [6.45, 7) is 3.46. The maximum Gasteiger partial charge on any atom is 0.0969 e. The van der Waals surface area contributed by atoms with Gasteiger partial charge in [0.15, 0.2) is 0 Å². The van der Waals surface area contributed by atoms with Crippen LogP contribution in [0.3, 0.4) is 0 Å². The van der Waals surface area contributed by atoms with Crippen LogP contribution in [0.4, 0.5) is 0 Å². The van der Waals surface area contributed by atoms with Crippen molar-refractivity contribution in [3.8, 4) is 5.69 Å². The van der Waals surface area contributed by atoms with Gasteiger partial charge in [-0.3, -0.25) is 4.98 Å². The van der Waals surface area contributed by atoms with Gasteiger partial charge < -0.3 is 5.32 Å². The molecule has 0 radical (unpaired) electrons. The summed E-state index contributed by atoms with van der Waals surface area (Å²) in [4.78, 5) is 6.00. The Morgan fingerprint density at radius 3 is 2.71 bits per heavy atom. The lowest BCUT2D eigenvalue weighted by Crippen LogP contribution is -2.15. The Labute approximate surface area is 123 Å². The van der Waals surface area contributed by atoms with E-state index in [0.717, 1.165) is 23.6 Å². The first-order valence-corrected chi connectivity index (χ1v) is 6.91. The average molecular weight is 279 g/mol. The van der Waals surface area contributed by atoms with Gasteiger partial charge in [0.2, 0.25) is 0 Å². The molecular formula is C16H17N5. The van der Waals surface area contributed by atoms with Crippen LogP contribution in [0, 0.1) is 6.92 Å². The lowest BCUT2D eigenvalue weighted by Gasteiger charge is -2.04. The maximum absolute atomic E-state index is 4.46. The van der Waals surface area contributed by atoms with Gasteiger partial charge in [0.1, 0.15) is 0 Å². The molecule has 0 fully saturated rings. The molecule has 2 aromatic heterocycles. The van der Waals surface area contributed by atoms with E-state index in [0.29, 0.717) is 6.54 Å². The van der Waals surface area contributed by atoms with Crippen LogP contribution in [-0.2, 0) is 13.1 Å². The Balaban J connectivity index is 1.60. The standard InChI is InChI=1S/C16H17N5/c1-13-6-5-9-18-16(13)12-17-10-14-11-19-21(20-14)15-7-3-2-4-8-15/h2-9,11,17H,10,12H2,1H3. The number of aryl methyl sites for hydroxylation is 1. The maximum atomic E-state index is 4.46. The minimum absolute atomic E-state index is 0.669. The second-order valence-corrected chi connectivity index (χ2v) is 4.83. The van der Waals surface area contributed by atoms with Crippen LogP contribution in [0.15, 0.2) is 54.9 Å². The third-order valence-corrected chi connectivity index (χ3v) is 3.24. The van der Waals surface area contributed by atoms with E-state index in [1.54, 1.807) is 11.0 Å². The van der Waals surface area contributed by atoms with Crippen molar-refractivity contribution in [1.29, 1.82) is 0 Å². The van der Waals surface area contributed by atoms with Crippen molar-refractivity contribution >= 4 is 0 Å². The summed E-state index contributed by atoms with van der Waals surface area (Å²) in [5.74, 6) is 0. The molecule has 5 nitrogen and oxygen atoms in total. The third-order valence-electron chi connectivity index (χ3n) is 3.24. The van der Waals surface area contributed by atoms with Gasteiger partial charge in [-0.05, 0) is 30.7 Å². The van der Waals surface area contributed by atoms with Gasteiger partial charge in [-0.15, -0.1) is 0 Å². The zero-order chi connectivity index (χ0) is 14.5. The van der Waals surface area contributed by atoms with E-state index in [4.69, 9.17) is 0 Å². The molecule has 0 saturated carbocycles. The van der Waals surface area contributed by atoms with Crippen molar-refractivity contribution in [2.75, 3.05) is 0 Å². The number of hydrogen-bond acceptors (Lipinski definition) is 4. The fourth-order valence-corrected chi connectivity index (χ4v) is 2.07. The molecule has 3 rings (SSSR count). The Bertz CT molecular complexity index is 705. The highest BCUT2D eigenvalue weighted by atomic mass is 15.5. The summed E-state index contributed by atoms with van der Waals surface area (Å²) in [6, 6.07) is 13.9. The zero-order valence-electron chi connectivity index (χ0n) is 11.9. The number of nitrogens with one attached hydrogen (secondary N) is 1. The van der Waals surface area contributed by atoms with E-state index < -0.39 is 0 Å². The van der Waals surface area contributed by atoms with Crippen LogP contribution in [0.2, 0.25) is 0 Å². The molecule has 0 unspecified atom stereocenters. The number of pyridine rings is 1. The summed E-state index contributed by atoms with van der Waals surface area (Å²) < 4.78 is 0. The van der Waals surface area contributed by atoms with E-state index in [2.05, 4.69) is 33.5 Å². The predicted octanol–water partition coefficient (Wildman–Crippen LogP) is 2.26. The van der Waals surface area contributed by atoms with Gasteiger partial charge in [0.25, 0.3) is 0 Å². The van der Waals surface area contributed by atoms with Crippen molar-refractivity contribution in [2.24, 2.45) is 0 Å². The van der Waals surface area contributed by atoms with Gasteiger partial charge in [-0.1, -0.05) is 24.3 Å². The lowest BCUT2D eigenvalue weighted by atomic mass is 10.2. The first kappa shape index (κ1) is 13.5. The predicted molar refractivity (Wildman–Crippen MR) is 80.9 cm³/mol. The molecule has 0 aliphatic heterocycles. The van der Waals surface area contributed by atoms with Crippen molar-refractivity contribution in [3.05, 3.63) is 71.8 Å². The molecule has 1 N–H and O–H groups in total. The smallest absolute Gasteiger partial charge is 0.0969 e. The van der Waals surface area contributed by atoms with E-state index in [1.165, 1.54) is 5.56 Å². The molecule has 0 spiro atoms. The van der Waals surface area contributed by atoms with E-state index in [9.17, 15) is 0 Å². The van der Waals surface area contributed by atoms with E-state index >= 15 is 0 Å². The largest absolute Gasteiger partial charge is 0.305 e. The van der Waals surface area contributed by atoms with Gasteiger partial charge in [-0.25, -0.2) is 0 Å². The molecule has 106 valence electrons. The van der Waals surface area contributed by atoms with Gasteiger partial charge in [0.05, 0.1) is 23.3 Å². The highest BCUT2D eigenvalue weighted by Crippen LogP contribution is 2.05.